The van der Waals surface area contributed by atoms with Gasteiger partial charge >= 0.3 is 0 Å². The predicted octanol–water partition coefficient (Wildman–Crippen LogP) is 4.60. The number of aromatic amines is 1. The highest BCUT2D eigenvalue weighted by Crippen LogP contribution is 2.23. The van der Waals surface area contributed by atoms with Gasteiger partial charge in [0.2, 0.25) is 0 Å². The second-order valence-corrected chi connectivity index (χ2v) is 7.68. The molecule has 1 N–H and O–H groups in total. The Morgan fingerprint density at radius 3 is 2.75 bits per heavy atom. The van der Waals surface area contributed by atoms with Crippen LogP contribution in [0.3, 0.4) is 0 Å². The fraction of sp³-hybridized carbons (Fsp3) is 0.222. The molecule has 0 spiro atoms. The second kappa shape index (κ2) is 7.54. The van der Waals surface area contributed by atoms with Gasteiger partial charge < -0.3 is 0 Å². The van der Waals surface area contributed by atoms with E-state index in [4.69, 9.17) is 35.4 Å². The average Bonchev–Trinajstić information content (AvgIpc) is 3.37. The van der Waals surface area contributed by atoms with Gasteiger partial charge in [0.15, 0.2) is 10.6 Å². The molecule has 0 fully saturated rings. The normalized spacial score (nSPS) is 12.4. The molecule has 1 aromatic carbocycles. The Morgan fingerprint density at radius 1 is 1.21 bits per heavy atom. The van der Waals surface area contributed by atoms with Gasteiger partial charge in [-0.05, 0) is 49.8 Å². The predicted molar refractivity (Wildman–Crippen MR) is 111 cm³/mol. The first-order chi connectivity index (χ1) is 13.4. The number of nitrogens with one attached hydrogen (secondary N) is 1. The van der Waals surface area contributed by atoms with Gasteiger partial charge in [0.25, 0.3) is 0 Å². The van der Waals surface area contributed by atoms with Crippen molar-refractivity contribution in [3.63, 3.8) is 0 Å². The second-order valence-electron chi connectivity index (χ2n) is 6.45. The van der Waals surface area contributed by atoms with Crippen molar-refractivity contribution in [2.24, 2.45) is 0 Å². The molecule has 0 saturated heterocycles. The smallest absolute Gasteiger partial charge is 0.200 e. The zero-order chi connectivity index (χ0) is 19.8. The first kappa shape index (κ1) is 18.9. The molecule has 0 radical (unpaired) electrons. The van der Waals surface area contributed by atoms with E-state index >= 15 is 0 Å². The van der Waals surface area contributed by atoms with Gasteiger partial charge in [0.1, 0.15) is 6.04 Å². The minimum Gasteiger partial charge on any atom is -0.267 e. The Hall–Kier alpha value is -2.42. The van der Waals surface area contributed by atoms with Gasteiger partial charge in [-0.1, -0.05) is 29.3 Å². The maximum atomic E-state index is 6.28. The van der Waals surface area contributed by atoms with Crippen LogP contribution in [0.1, 0.15) is 30.0 Å². The number of H-pyrrole nitrogens is 1. The van der Waals surface area contributed by atoms with Crippen molar-refractivity contribution in [1.29, 1.82) is 0 Å². The minimum atomic E-state index is -0.1000. The quantitative estimate of drug-likeness (QED) is 0.467. The van der Waals surface area contributed by atoms with Crippen LogP contribution in [0, 0.1) is 11.7 Å². The van der Waals surface area contributed by atoms with Crippen molar-refractivity contribution in [2.75, 3.05) is 0 Å². The fourth-order valence-corrected chi connectivity index (χ4v) is 3.83. The van der Waals surface area contributed by atoms with Gasteiger partial charge in [-0.2, -0.15) is 15.3 Å². The van der Waals surface area contributed by atoms with E-state index in [0.29, 0.717) is 21.4 Å². The van der Waals surface area contributed by atoms with Crippen molar-refractivity contribution < 1.29 is 0 Å². The third kappa shape index (κ3) is 3.50. The molecule has 0 saturated carbocycles. The summed E-state index contributed by atoms with van der Waals surface area (Å²) < 4.78 is 6.07. The zero-order valence-electron chi connectivity index (χ0n) is 15.2. The maximum Gasteiger partial charge on any atom is 0.200 e. The van der Waals surface area contributed by atoms with Crippen molar-refractivity contribution in [2.45, 2.75) is 26.4 Å². The Balaban J connectivity index is 1.67. The van der Waals surface area contributed by atoms with Crippen LogP contribution in [0.4, 0.5) is 0 Å². The zero-order valence-corrected chi connectivity index (χ0v) is 17.5. The van der Waals surface area contributed by atoms with Crippen LogP contribution < -0.4 is 0 Å². The molecule has 0 aliphatic heterocycles. The molecule has 10 heteroatoms. The lowest BCUT2D eigenvalue weighted by Crippen LogP contribution is -2.15. The van der Waals surface area contributed by atoms with E-state index in [-0.39, 0.29) is 6.04 Å². The van der Waals surface area contributed by atoms with Gasteiger partial charge in [-0.25, -0.2) is 0 Å². The SMILES string of the molecule is Cc1ccnn1[C@H](C)c1n[nH]c(=S)n1-c1cnn(Cc2ccc(Cl)cc2Cl)c1. The van der Waals surface area contributed by atoms with E-state index in [2.05, 4.69) is 20.4 Å². The molecule has 3 aromatic heterocycles. The summed E-state index contributed by atoms with van der Waals surface area (Å²) in [4.78, 5) is 0. The van der Waals surface area contributed by atoms with Crippen LogP contribution in [0.2, 0.25) is 10.0 Å². The Kier molecular flexibility index (Phi) is 5.09. The van der Waals surface area contributed by atoms with E-state index < -0.39 is 0 Å². The number of aromatic nitrogens is 7. The Labute approximate surface area is 176 Å². The monoisotopic (exact) mass is 433 g/mol. The van der Waals surface area contributed by atoms with E-state index in [0.717, 1.165) is 22.8 Å². The highest BCUT2D eigenvalue weighted by atomic mass is 35.5. The van der Waals surface area contributed by atoms with Crippen LogP contribution in [-0.4, -0.2) is 34.3 Å². The standard InChI is InChI=1S/C18H17Cl2N7S/c1-11-5-6-21-27(11)12(2)17-23-24-18(28)26(17)15-8-22-25(10-15)9-13-3-4-14(19)7-16(13)20/h3-8,10,12H,9H2,1-2H3,(H,24,28)/t12-/m1/s1. The minimum absolute atomic E-state index is 0.1000. The number of benzene rings is 1. The van der Waals surface area contributed by atoms with Gasteiger partial charge in [-0.15, -0.1) is 0 Å². The molecule has 0 aliphatic rings. The van der Waals surface area contributed by atoms with Crippen molar-refractivity contribution in [3.05, 3.63) is 74.8 Å². The largest absolute Gasteiger partial charge is 0.267 e. The summed E-state index contributed by atoms with van der Waals surface area (Å²) in [5.41, 5.74) is 2.79. The van der Waals surface area contributed by atoms with E-state index in [1.54, 1.807) is 23.1 Å². The summed E-state index contributed by atoms with van der Waals surface area (Å²) in [7, 11) is 0. The Bertz CT molecular complexity index is 1190. The summed E-state index contributed by atoms with van der Waals surface area (Å²) in [6.45, 7) is 4.55. The van der Waals surface area contributed by atoms with Crippen molar-refractivity contribution in [1.82, 2.24) is 34.3 Å². The van der Waals surface area contributed by atoms with E-state index in [1.165, 1.54) is 0 Å². The topological polar surface area (TPSA) is 69.2 Å². The highest BCUT2D eigenvalue weighted by molar-refractivity contribution is 7.71. The molecule has 0 aliphatic carbocycles. The molecule has 4 aromatic rings. The molecule has 28 heavy (non-hydrogen) atoms. The number of hydrogen-bond acceptors (Lipinski definition) is 4. The lowest BCUT2D eigenvalue weighted by Gasteiger charge is -2.14. The molecular formula is C18H17Cl2N7S. The van der Waals surface area contributed by atoms with Crippen molar-refractivity contribution in [3.8, 4) is 5.69 Å². The van der Waals surface area contributed by atoms with Crippen LogP contribution >= 0.6 is 35.4 Å². The first-order valence-corrected chi connectivity index (χ1v) is 9.74. The van der Waals surface area contributed by atoms with E-state index in [1.807, 2.05) is 47.5 Å². The average molecular weight is 434 g/mol. The molecule has 4 rings (SSSR count). The van der Waals surface area contributed by atoms with Gasteiger partial charge in [-0.3, -0.25) is 19.0 Å². The summed E-state index contributed by atoms with van der Waals surface area (Å²) >= 11 is 17.7. The number of halogens is 2. The third-order valence-corrected chi connectivity index (χ3v) is 5.39. The molecule has 144 valence electrons. The first-order valence-electron chi connectivity index (χ1n) is 8.58. The fourth-order valence-electron chi connectivity index (χ4n) is 3.11. The van der Waals surface area contributed by atoms with Crippen LogP contribution in [0.15, 0.2) is 42.9 Å². The van der Waals surface area contributed by atoms with Crippen LogP contribution in [-0.2, 0) is 6.54 Å². The molecule has 7 nitrogen and oxygen atoms in total. The number of aryl methyl sites for hydroxylation is 1. The lowest BCUT2D eigenvalue weighted by molar-refractivity contribution is 0.515. The van der Waals surface area contributed by atoms with Crippen LogP contribution in [0.5, 0.6) is 0 Å². The van der Waals surface area contributed by atoms with Crippen molar-refractivity contribution >= 4 is 35.4 Å². The number of nitrogens with zero attached hydrogens (tertiary/aromatic N) is 6. The summed E-state index contributed by atoms with van der Waals surface area (Å²) in [6.07, 6.45) is 5.43. The lowest BCUT2D eigenvalue weighted by atomic mass is 10.2. The molecular weight excluding hydrogens is 417 g/mol. The maximum absolute atomic E-state index is 6.28. The van der Waals surface area contributed by atoms with Gasteiger partial charge in [0, 0.05) is 28.1 Å². The molecule has 1 atom stereocenters. The molecule has 0 amide bonds. The Morgan fingerprint density at radius 2 is 2.04 bits per heavy atom. The summed E-state index contributed by atoms with van der Waals surface area (Å²) in [6, 6.07) is 7.28. The summed E-state index contributed by atoms with van der Waals surface area (Å²) in [5.74, 6) is 0.751. The van der Waals surface area contributed by atoms with E-state index in [9.17, 15) is 0 Å². The van der Waals surface area contributed by atoms with Crippen LogP contribution in [0.25, 0.3) is 5.69 Å². The molecule has 3 heterocycles. The summed E-state index contributed by atoms with van der Waals surface area (Å²) in [5, 5.41) is 17.3. The van der Waals surface area contributed by atoms with Gasteiger partial charge in [0.05, 0.1) is 18.4 Å². The molecule has 0 unspecified atom stereocenters. The number of rotatable bonds is 5. The number of hydrogen-bond donors (Lipinski definition) is 1. The third-order valence-electron chi connectivity index (χ3n) is 4.53. The molecule has 0 bridgehead atoms. The highest BCUT2D eigenvalue weighted by Gasteiger charge is 2.19.